The standard InChI is InChI=1S/C10H11FN2O2/c11-7-5-6(1-2-8(7)14)13-9(15)10(12)3-4-10/h1-2,5,14H,3-4,12H2,(H,13,15). The van der Waals surface area contributed by atoms with Crippen LogP contribution in [0, 0.1) is 5.82 Å². The summed E-state index contributed by atoms with van der Waals surface area (Å²) in [5.41, 5.74) is 5.17. The van der Waals surface area contributed by atoms with Crippen molar-refractivity contribution in [3.8, 4) is 5.75 Å². The topological polar surface area (TPSA) is 75.4 Å². The molecule has 1 aliphatic carbocycles. The molecule has 2 rings (SSSR count). The van der Waals surface area contributed by atoms with Crippen LogP contribution < -0.4 is 11.1 Å². The van der Waals surface area contributed by atoms with Crippen LogP contribution in [0.3, 0.4) is 0 Å². The Bertz CT molecular complexity index is 416. The van der Waals surface area contributed by atoms with Crippen LogP contribution in [-0.4, -0.2) is 16.6 Å². The van der Waals surface area contributed by atoms with Gasteiger partial charge in [-0.1, -0.05) is 0 Å². The lowest BCUT2D eigenvalue weighted by Gasteiger charge is -2.10. The van der Waals surface area contributed by atoms with Gasteiger partial charge in [-0.05, 0) is 25.0 Å². The summed E-state index contributed by atoms with van der Waals surface area (Å²) in [5, 5.41) is 11.4. The molecule has 0 atom stereocenters. The molecule has 0 saturated heterocycles. The Kier molecular flexibility index (Phi) is 2.12. The van der Waals surface area contributed by atoms with E-state index in [2.05, 4.69) is 5.32 Å². The Morgan fingerprint density at radius 2 is 2.20 bits per heavy atom. The smallest absolute Gasteiger partial charge is 0.244 e. The van der Waals surface area contributed by atoms with Crippen molar-refractivity contribution < 1.29 is 14.3 Å². The van der Waals surface area contributed by atoms with E-state index in [0.29, 0.717) is 18.5 Å². The van der Waals surface area contributed by atoms with Crippen LogP contribution in [0.2, 0.25) is 0 Å². The number of halogens is 1. The van der Waals surface area contributed by atoms with E-state index < -0.39 is 17.1 Å². The molecule has 0 bridgehead atoms. The second-order valence-electron chi connectivity index (χ2n) is 3.78. The molecule has 5 heteroatoms. The monoisotopic (exact) mass is 210 g/mol. The van der Waals surface area contributed by atoms with Gasteiger partial charge in [-0.2, -0.15) is 0 Å². The molecule has 4 nitrogen and oxygen atoms in total. The van der Waals surface area contributed by atoms with Gasteiger partial charge in [0.25, 0.3) is 0 Å². The second-order valence-corrected chi connectivity index (χ2v) is 3.78. The third-order valence-corrected chi connectivity index (χ3v) is 2.45. The molecule has 1 fully saturated rings. The van der Waals surface area contributed by atoms with E-state index in [9.17, 15) is 9.18 Å². The summed E-state index contributed by atoms with van der Waals surface area (Å²) >= 11 is 0. The first-order chi connectivity index (χ1) is 7.01. The lowest BCUT2D eigenvalue weighted by molar-refractivity contribution is -0.118. The van der Waals surface area contributed by atoms with E-state index in [1.54, 1.807) is 0 Å². The van der Waals surface area contributed by atoms with Gasteiger partial charge >= 0.3 is 0 Å². The number of benzene rings is 1. The van der Waals surface area contributed by atoms with Gasteiger partial charge in [0.05, 0.1) is 5.54 Å². The highest BCUT2D eigenvalue weighted by Gasteiger charge is 2.45. The van der Waals surface area contributed by atoms with E-state index in [-0.39, 0.29) is 5.91 Å². The molecule has 1 amide bonds. The maximum absolute atomic E-state index is 12.9. The Morgan fingerprint density at radius 1 is 1.53 bits per heavy atom. The van der Waals surface area contributed by atoms with Crippen molar-refractivity contribution in [2.24, 2.45) is 5.73 Å². The van der Waals surface area contributed by atoms with Crippen molar-refractivity contribution in [3.05, 3.63) is 24.0 Å². The molecule has 4 N–H and O–H groups in total. The van der Waals surface area contributed by atoms with Crippen molar-refractivity contribution in [3.63, 3.8) is 0 Å². The minimum Gasteiger partial charge on any atom is -0.505 e. The molecule has 80 valence electrons. The summed E-state index contributed by atoms with van der Waals surface area (Å²) in [6, 6.07) is 3.65. The number of phenolic OH excluding ortho intramolecular Hbond substituents is 1. The van der Waals surface area contributed by atoms with E-state index >= 15 is 0 Å². The fourth-order valence-corrected chi connectivity index (χ4v) is 1.20. The third-order valence-electron chi connectivity index (χ3n) is 2.45. The number of aromatic hydroxyl groups is 1. The fraction of sp³-hybridized carbons (Fsp3) is 0.300. The predicted octanol–water partition coefficient (Wildman–Crippen LogP) is 0.961. The molecular formula is C10H11FN2O2. The van der Waals surface area contributed by atoms with Crippen LogP contribution in [0.15, 0.2) is 18.2 Å². The van der Waals surface area contributed by atoms with Gasteiger partial charge in [0.15, 0.2) is 11.6 Å². The van der Waals surface area contributed by atoms with Crippen molar-refractivity contribution in [1.82, 2.24) is 0 Å². The molecule has 1 saturated carbocycles. The Labute approximate surface area is 85.9 Å². The zero-order valence-electron chi connectivity index (χ0n) is 7.96. The zero-order valence-corrected chi connectivity index (χ0v) is 7.96. The van der Waals surface area contributed by atoms with E-state index in [1.165, 1.54) is 12.1 Å². The van der Waals surface area contributed by atoms with E-state index in [1.807, 2.05) is 0 Å². The molecule has 0 heterocycles. The number of anilines is 1. The summed E-state index contributed by atoms with van der Waals surface area (Å²) in [7, 11) is 0. The largest absolute Gasteiger partial charge is 0.505 e. The van der Waals surface area contributed by atoms with Gasteiger partial charge in [0.1, 0.15) is 0 Å². The van der Waals surface area contributed by atoms with Gasteiger partial charge in [-0.25, -0.2) is 4.39 Å². The van der Waals surface area contributed by atoms with E-state index in [0.717, 1.165) is 6.07 Å². The molecule has 15 heavy (non-hydrogen) atoms. The van der Waals surface area contributed by atoms with Crippen LogP contribution in [0.4, 0.5) is 10.1 Å². The summed E-state index contributed by atoms with van der Waals surface area (Å²) in [4.78, 5) is 11.5. The highest BCUT2D eigenvalue weighted by Crippen LogP contribution is 2.33. The lowest BCUT2D eigenvalue weighted by Crippen LogP contribution is -2.37. The van der Waals surface area contributed by atoms with Gasteiger partial charge in [-0.15, -0.1) is 0 Å². The van der Waals surface area contributed by atoms with Gasteiger partial charge < -0.3 is 16.2 Å². The summed E-state index contributed by atoms with van der Waals surface area (Å²) in [6.45, 7) is 0. The number of carbonyl (C=O) groups is 1. The van der Waals surface area contributed by atoms with Crippen molar-refractivity contribution >= 4 is 11.6 Å². The Hall–Kier alpha value is -1.62. The molecular weight excluding hydrogens is 199 g/mol. The van der Waals surface area contributed by atoms with Crippen LogP contribution >= 0.6 is 0 Å². The lowest BCUT2D eigenvalue weighted by atomic mass is 10.2. The summed E-state index contributed by atoms with van der Waals surface area (Å²) in [6.07, 6.45) is 1.30. The SMILES string of the molecule is NC1(C(=O)Nc2ccc(O)c(F)c2)CC1. The molecule has 0 aromatic heterocycles. The number of amides is 1. The number of hydrogen-bond donors (Lipinski definition) is 3. The first-order valence-corrected chi connectivity index (χ1v) is 4.60. The van der Waals surface area contributed by atoms with Crippen molar-refractivity contribution in [2.75, 3.05) is 5.32 Å². The fourth-order valence-electron chi connectivity index (χ4n) is 1.20. The minimum atomic E-state index is -0.783. The van der Waals surface area contributed by atoms with Crippen LogP contribution in [0.5, 0.6) is 5.75 Å². The minimum absolute atomic E-state index is 0.298. The van der Waals surface area contributed by atoms with Crippen LogP contribution in [0.25, 0.3) is 0 Å². The highest BCUT2D eigenvalue weighted by molar-refractivity contribution is 6.00. The Balaban J connectivity index is 2.11. The first-order valence-electron chi connectivity index (χ1n) is 4.60. The van der Waals surface area contributed by atoms with Gasteiger partial charge in [0.2, 0.25) is 5.91 Å². The highest BCUT2D eigenvalue weighted by atomic mass is 19.1. The van der Waals surface area contributed by atoms with Gasteiger partial charge in [-0.3, -0.25) is 4.79 Å². The summed E-state index contributed by atoms with van der Waals surface area (Å²) in [5.74, 6) is -1.52. The third kappa shape index (κ3) is 1.92. The number of carbonyl (C=O) groups excluding carboxylic acids is 1. The van der Waals surface area contributed by atoms with Crippen molar-refractivity contribution in [2.45, 2.75) is 18.4 Å². The molecule has 0 radical (unpaired) electrons. The average Bonchev–Trinajstić information content (AvgIpc) is 2.92. The number of nitrogens with two attached hydrogens (primary N) is 1. The molecule has 0 spiro atoms. The maximum Gasteiger partial charge on any atom is 0.244 e. The van der Waals surface area contributed by atoms with Crippen LogP contribution in [0.1, 0.15) is 12.8 Å². The maximum atomic E-state index is 12.9. The molecule has 1 aromatic carbocycles. The molecule has 1 aliphatic rings. The number of rotatable bonds is 2. The number of hydrogen-bond acceptors (Lipinski definition) is 3. The quantitative estimate of drug-likeness (QED) is 0.636. The Morgan fingerprint density at radius 3 is 2.73 bits per heavy atom. The summed E-state index contributed by atoms with van der Waals surface area (Å²) < 4.78 is 12.9. The number of phenols is 1. The predicted molar refractivity (Wildman–Crippen MR) is 52.8 cm³/mol. The zero-order chi connectivity index (χ0) is 11.1. The average molecular weight is 210 g/mol. The normalized spacial score (nSPS) is 17.2. The van der Waals surface area contributed by atoms with Crippen molar-refractivity contribution in [1.29, 1.82) is 0 Å². The van der Waals surface area contributed by atoms with Crippen LogP contribution in [-0.2, 0) is 4.79 Å². The molecule has 0 aliphatic heterocycles. The molecule has 1 aromatic rings. The second kappa shape index (κ2) is 3.20. The molecule has 0 unspecified atom stereocenters. The van der Waals surface area contributed by atoms with Gasteiger partial charge in [0, 0.05) is 11.8 Å². The van der Waals surface area contributed by atoms with E-state index in [4.69, 9.17) is 10.8 Å². The number of nitrogens with one attached hydrogen (secondary N) is 1. The first kappa shape index (κ1) is 9.92.